The number of aromatic nitrogens is 3. The molecule has 6 nitrogen and oxygen atoms in total. The highest BCUT2D eigenvalue weighted by Gasteiger charge is 2.16. The summed E-state index contributed by atoms with van der Waals surface area (Å²) in [5, 5.41) is 8.97. The lowest BCUT2D eigenvalue weighted by atomic mass is 10.1. The van der Waals surface area contributed by atoms with Crippen LogP contribution in [0.15, 0.2) is 71.7 Å². The molecule has 4 rings (SSSR count). The van der Waals surface area contributed by atoms with Gasteiger partial charge in [-0.25, -0.2) is 0 Å². The fraction of sp³-hybridized carbons (Fsp3) is 0.296. The van der Waals surface area contributed by atoms with Crippen LogP contribution in [0.2, 0.25) is 0 Å². The molecule has 4 aromatic rings. The molecule has 0 aliphatic heterocycles. The first kappa shape index (κ1) is 22.5. The molecular formula is C27H30N4O2. The Hall–Kier alpha value is -3.67. The summed E-state index contributed by atoms with van der Waals surface area (Å²) in [6.07, 6.45) is 4.84. The molecule has 1 amide bonds. The Balaban J connectivity index is 1.36. The van der Waals surface area contributed by atoms with E-state index in [2.05, 4.69) is 27.1 Å². The summed E-state index contributed by atoms with van der Waals surface area (Å²) < 4.78 is 3.58. The monoisotopic (exact) mass is 442 g/mol. The van der Waals surface area contributed by atoms with Gasteiger partial charge in [-0.15, -0.1) is 0 Å². The van der Waals surface area contributed by atoms with E-state index in [-0.39, 0.29) is 11.5 Å². The number of aryl methyl sites for hydroxylation is 3. The third-order valence-corrected chi connectivity index (χ3v) is 6.13. The van der Waals surface area contributed by atoms with E-state index in [1.54, 1.807) is 6.20 Å². The molecule has 0 fully saturated rings. The molecule has 2 heterocycles. The predicted molar refractivity (Wildman–Crippen MR) is 132 cm³/mol. The summed E-state index contributed by atoms with van der Waals surface area (Å²) in [7, 11) is 0. The van der Waals surface area contributed by atoms with E-state index >= 15 is 0 Å². The van der Waals surface area contributed by atoms with Crippen molar-refractivity contribution >= 4 is 16.7 Å². The molecule has 2 aromatic heterocycles. The number of amides is 1. The Morgan fingerprint density at radius 1 is 0.939 bits per heavy atom. The van der Waals surface area contributed by atoms with Crippen molar-refractivity contribution in [2.75, 3.05) is 6.54 Å². The number of fused-ring (bicyclic) bond motifs is 1. The Bertz CT molecular complexity index is 1290. The quantitative estimate of drug-likeness (QED) is 0.392. The van der Waals surface area contributed by atoms with E-state index in [1.165, 1.54) is 10.2 Å². The first-order valence-corrected chi connectivity index (χ1v) is 11.5. The van der Waals surface area contributed by atoms with Gasteiger partial charge in [-0.2, -0.15) is 9.78 Å². The highest BCUT2D eigenvalue weighted by molar-refractivity contribution is 5.87. The second kappa shape index (κ2) is 10.3. The summed E-state index contributed by atoms with van der Waals surface area (Å²) in [6.45, 7) is 5.35. The van der Waals surface area contributed by atoms with E-state index in [1.807, 2.05) is 62.4 Å². The number of nitrogens with one attached hydrogen (secondary N) is 1. The number of benzene rings is 2. The maximum Gasteiger partial charge on any atom is 0.281 e. The van der Waals surface area contributed by atoms with Crippen molar-refractivity contribution in [2.24, 2.45) is 0 Å². The van der Waals surface area contributed by atoms with E-state index < -0.39 is 0 Å². The summed E-state index contributed by atoms with van der Waals surface area (Å²) in [5.41, 5.74) is 3.85. The lowest BCUT2D eigenvalue weighted by molar-refractivity contribution is -0.121. The van der Waals surface area contributed by atoms with Crippen LogP contribution < -0.4 is 10.9 Å². The molecule has 2 aromatic carbocycles. The predicted octanol–water partition coefficient (Wildman–Crippen LogP) is 4.33. The number of carbonyl (C=O) groups excluding carboxylic acids is 1. The molecule has 0 bridgehead atoms. The Morgan fingerprint density at radius 3 is 2.36 bits per heavy atom. The van der Waals surface area contributed by atoms with Crippen LogP contribution in [0.25, 0.3) is 16.5 Å². The van der Waals surface area contributed by atoms with Crippen LogP contribution in [0.1, 0.15) is 36.2 Å². The van der Waals surface area contributed by atoms with Crippen molar-refractivity contribution in [3.8, 4) is 5.69 Å². The molecular weight excluding hydrogens is 412 g/mol. The first-order chi connectivity index (χ1) is 16.1. The van der Waals surface area contributed by atoms with Crippen molar-refractivity contribution in [3.63, 3.8) is 0 Å². The standard InChI is InChI=1S/C27H30N4O2/c1-20-24-19-29-31(23-14-7-4-8-15-23)27(33)26(24)21(2)30(20)18-10-16-25(32)28-17-9-13-22-11-5-3-6-12-22/h3-8,11-12,14-15,19H,9-10,13,16-18H2,1-2H3,(H,28,32). The van der Waals surface area contributed by atoms with E-state index in [4.69, 9.17) is 0 Å². The van der Waals surface area contributed by atoms with Crippen molar-refractivity contribution in [1.29, 1.82) is 0 Å². The first-order valence-electron chi connectivity index (χ1n) is 11.5. The number of nitrogens with zero attached hydrogens (tertiary/aromatic N) is 3. The van der Waals surface area contributed by atoms with Crippen LogP contribution in [0.5, 0.6) is 0 Å². The molecule has 0 saturated heterocycles. The van der Waals surface area contributed by atoms with Crippen LogP contribution in [-0.4, -0.2) is 26.8 Å². The second-order valence-electron chi connectivity index (χ2n) is 8.35. The van der Waals surface area contributed by atoms with Gasteiger partial charge in [0.05, 0.1) is 17.3 Å². The van der Waals surface area contributed by atoms with Crippen LogP contribution in [-0.2, 0) is 17.8 Å². The van der Waals surface area contributed by atoms with Gasteiger partial charge in [0.15, 0.2) is 0 Å². The Kier molecular flexibility index (Phi) is 7.03. The van der Waals surface area contributed by atoms with Gasteiger partial charge in [-0.1, -0.05) is 48.5 Å². The molecule has 0 atom stereocenters. The minimum Gasteiger partial charge on any atom is -0.356 e. The molecule has 0 aliphatic rings. The number of rotatable bonds is 9. The Labute approximate surface area is 193 Å². The number of carbonyl (C=O) groups is 1. The summed E-state index contributed by atoms with van der Waals surface area (Å²) in [5.74, 6) is 0.0724. The van der Waals surface area contributed by atoms with Gasteiger partial charge in [-0.3, -0.25) is 9.59 Å². The maximum absolute atomic E-state index is 13.2. The molecule has 1 N–H and O–H groups in total. The fourth-order valence-electron chi connectivity index (χ4n) is 4.35. The zero-order chi connectivity index (χ0) is 23.2. The topological polar surface area (TPSA) is 68.9 Å². The summed E-state index contributed by atoms with van der Waals surface area (Å²) >= 11 is 0. The maximum atomic E-state index is 13.2. The van der Waals surface area contributed by atoms with Gasteiger partial charge >= 0.3 is 0 Å². The van der Waals surface area contributed by atoms with Crippen LogP contribution in [0.4, 0.5) is 0 Å². The van der Waals surface area contributed by atoms with Crippen molar-refractivity contribution in [3.05, 3.63) is 94.2 Å². The minimum absolute atomic E-state index is 0.0724. The van der Waals surface area contributed by atoms with Crippen molar-refractivity contribution in [1.82, 2.24) is 19.7 Å². The van der Waals surface area contributed by atoms with Crippen LogP contribution in [0.3, 0.4) is 0 Å². The highest BCUT2D eigenvalue weighted by Crippen LogP contribution is 2.23. The van der Waals surface area contributed by atoms with Crippen molar-refractivity contribution in [2.45, 2.75) is 46.1 Å². The average Bonchev–Trinajstić information content (AvgIpc) is 3.08. The zero-order valence-corrected chi connectivity index (χ0v) is 19.3. The molecule has 0 spiro atoms. The normalized spacial score (nSPS) is 11.1. The largest absolute Gasteiger partial charge is 0.356 e. The summed E-state index contributed by atoms with van der Waals surface area (Å²) in [4.78, 5) is 25.4. The van der Waals surface area contributed by atoms with Gasteiger partial charge in [0.25, 0.3) is 5.56 Å². The van der Waals surface area contributed by atoms with Crippen LogP contribution >= 0.6 is 0 Å². The number of para-hydroxylation sites is 1. The molecule has 33 heavy (non-hydrogen) atoms. The smallest absolute Gasteiger partial charge is 0.281 e. The molecule has 0 saturated carbocycles. The van der Waals surface area contributed by atoms with E-state index in [0.29, 0.717) is 31.3 Å². The fourth-order valence-corrected chi connectivity index (χ4v) is 4.35. The lowest BCUT2D eigenvalue weighted by Crippen LogP contribution is -2.24. The minimum atomic E-state index is -0.116. The third kappa shape index (κ3) is 5.06. The van der Waals surface area contributed by atoms with Crippen LogP contribution in [0, 0.1) is 13.8 Å². The second-order valence-corrected chi connectivity index (χ2v) is 8.35. The SMILES string of the molecule is Cc1c2cnn(-c3ccccc3)c(=O)c2c(C)n1CCCC(=O)NCCCc1ccccc1. The van der Waals surface area contributed by atoms with E-state index in [9.17, 15) is 9.59 Å². The van der Waals surface area contributed by atoms with Gasteiger partial charge < -0.3 is 9.88 Å². The van der Waals surface area contributed by atoms with Gasteiger partial charge in [0.1, 0.15) is 0 Å². The highest BCUT2D eigenvalue weighted by atomic mass is 16.1. The zero-order valence-electron chi connectivity index (χ0n) is 19.3. The summed E-state index contributed by atoms with van der Waals surface area (Å²) in [6, 6.07) is 19.7. The molecule has 170 valence electrons. The van der Waals surface area contributed by atoms with Gasteiger partial charge in [-0.05, 0) is 50.8 Å². The third-order valence-electron chi connectivity index (χ3n) is 6.13. The molecule has 6 heteroatoms. The van der Waals surface area contributed by atoms with E-state index in [0.717, 1.165) is 35.3 Å². The lowest BCUT2D eigenvalue weighted by Gasteiger charge is -2.09. The molecule has 0 aliphatic carbocycles. The van der Waals surface area contributed by atoms with Gasteiger partial charge in [0.2, 0.25) is 5.91 Å². The molecule has 0 radical (unpaired) electrons. The number of hydrogen-bond donors (Lipinski definition) is 1. The number of hydrogen-bond acceptors (Lipinski definition) is 3. The average molecular weight is 443 g/mol. The van der Waals surface area contributed by atoms with Gasteiger partial charge in [0, 0.05) is 36.3 Å². The Morgan fingerprint density at radius 2 is 1.64 bits per heavy atom. The molecule has 0 unspecified atom stereocenters. The van der Waals surface area contributed by atoms with Crippen molar-refractivity contribution < 1.29 is 4.79 Å².